The first-order valence-electron chi connectivity index (χ1n) is 10.9. The van der Waals surface area contributed by atoms with Crippen LogP contribution in [0.1, 0.15) is 31.7 Å². The van der Waals surface area contributed by atoms with Crippen molar-refractivity contribution < 1.29 is 19.1 Å². The average Bonchev–Trinajstić information content (AvgIpc) is 3.07. The van der Waals surface area contributed by atoms with Crippen molar-refractivity contribution in [1.29, 1.82) is 0 Å². The molecule has 0 fully saturated rings. The fourth-order valence-electron chi connectivity index (χ4n) is 5.17. The van der Waals surface area contributed by atoms with Crippen molar-refractivity contribution in [2.24, 2.45) is 5.73 Å². The van der Waals surface area contributed by atoms with Crippen molar-refractivity contribution in [3.8, 4) is 0 Å². The lowest BCUT2D eigenvalue weighted by Crippen LogP contribution is -2.53. The predicted octanol–water partition coefficient (Wildman–Crippen LogP) is 4.55. The predicted molar refractivity (Wildman–Crippen MR) is 132 cm³/mol. The third-order valence-corrected chi connectivity index (χ3v) is 7.19. The van der Waals surface area contributed by atoms with Crippen LogP contribution in [0, 0.1) is 0 Å². The highest BCUT2D eigenvalue weighted by Gasteiger charge is 2.62. The van der Waals surface area contributed by atoms with Gasteiger partial charge in [-0.25, -0.2) is 4.79 Å². The maximum Gasteiger partial charge on any atom is 0.339 e. The molecule has 9 heteroatoms. The van der Waals surface area contributed by atoms with Gasteiger partial charge in [-0.3, -0.25) is 14.5 Å². The highest BCUT2D eigenvalue weighted by molar-refractivity contribution is 9.10. The number of rotatable bonds is 3. The van der Waals surface area contributed by atoms with Crippen LogP contribution in [0.15, 0.2) is 69.6 Å². The van der Waals surface area contributed by atoms with Gasteiger partial charge in [0.2, 0.25) is 5.91 Å². The first-order valence-corrected chi connectivity index (χ1v) is 12.1. The topological polar surface area (TPSA) is 102 Å². The van der Waals surface area contributed by atoms with Crippen LogP contribution in [-0.4, -0.2) is 24.3 Å². The largest absolute Gasteiger partial charge is 0.462 e. The molecule has 3 aliphatic rings. The van der Waals surface area contributed by atoms with Gasteiger partial charge in [0, 0.05) is 44.1 Å². The zero-order valence-corrected chi connectivity index (χ0v) is 20.6. The summed E-state index contributed by atoms with van der Waals surface area (Å²) >= 11 is 9.57. The van der Waals surface area contributed by atoms with Gasteiger partial charge in [-0.05, 0) is 62.2 Å². The van der Waals surface area contributed by atoms with E-state index < -0.39 is 17.3 Å². The van der Waals surface area contributed by atoms with Crippen LogP contribution < -0.4 is 16.0 Å². The Labute approximate surface area is 209 Å². The maximum atomic E-state index is 13.8. The minimum Gasteiger partial charge on any atom is -0.462 e. The molecule has 174 valence electrons. The maximum absolute atomic E-state index is 13.8. The van der Waals surface area contributed by atoms with Crippen LogP contribution in [0.4, 0.5) is 11.4 Å². The average molecular weight is 543 g/mol. The standard InChI is InChI=1S/C25H21BrClN3O4/c1-2-34-23(32)21-22(28)30(15-9-7-14(27)8-10-15)18-4-3-5-19(31)20(18)25(21)16-12-13(26)6-11-17(16)29-24(25)33/h6-12H,2-5,28H2,1H3,(H,29,33). The Bertz CT molecular complexity index is 1320. The fourth-order valence-corrected chi connectivity index (χ4v) is 5.65. The minimum absolute atomic E-state index is 0.0530. The summed E-state index contributed by atoms with van der Waals surface area (Å²) in [6.45, 7) is 1.76. The number of esters is 1. The van der Waals surface area contributed by atoms with E-state index in [0.29, 0.717) is 45.0 Å². The van der Waals surface area contributed by atoms with E-state index in [1.807, 2.05) is 0 Å². The van der Waals surface area contributed by atoms with E-state index >= 15 is 0 Å². The summed E-state index contributed by atoms with van der Waals surface area (Å²) in [5, 5.41) is 3.40. The summed E-state index contributed by atoms with van der Waals surface area (Å²) in [5.41, 5.74) is 7.48. The molecule has 2 aromatic carbocycles. The first kappa shape index (κ1) is 22.7. The number of halogens is 2. The normalized spacial score (nSPS) is 21.6. The number of nitrogens with zero attached hydrogens (tertiary/aromatic N) is 1. The molecule has 0 saturated carbocycles. The van der Waals surface area contributed by atoms with Crippen molar-refractivity contribution in [3.05, 3.63) is 80.2 Å². The lowest BCUT2D eigenvalue weighted by molar-refractivity contribution is -0.140. The van der Waals surface area contributed by atoms with E-state index in [9.17, 15) is 14.4 Å². The monoisotopic (exact) mass is 541 g/mol. The van der Waals surface area contributed by atoms with Crippen molar-refractivity contribution in [3.63, 3.8) is 0 Å². The Kier molecular flexibility index (Phi) is 5.53. The summed E-state index contributed by atoms with van der Waals surface area (Å²) in [6, 6.07) is 12.2. The van der Waals surface area contributed by atoms with Gasteiger partial charge >= 0.3 is 5.97 Å². The highest BCUT2D eigenvalue weighted by Crippen LogP contribution is 2.56. The number of carbonyl (C=O) groups excluding carboxylic acids is 3. The van der Waals surface area contributed by atoms with Crippen molar-refractivity contribution >= 4 is 56.6 Å². The molecule has 0 bridgehead atoms. The fraction of sp³-hybridized carbons (Fsp3) is 0.240. The third kappa shape index (κ3) is 3.12. The number of allylic oxidation sites excluding steroid dienone is 1. The van der Waals surface area contributed by atoms with E-state index in [1.54, 1.807) is 54.3 Å². The van der Waals surface area contributed by atoms with Crippen LogP contribution in [-0.2, 0) is 24.5 Å². The number of anilines is 2. The Balaban J connectivity index is 1.90. The lowest BCUT2D eigenvalue weighted by Gasteiger charge is -2.44. The van der Waals surface area contributed by atoms with Crippen LogP contribution in [0.3, 0.4) is 0 Å². The molecule has 2 aromatic rings. The number of ketones is 1. The number of benzene rings is 2. The summed E-state index contributed by atoms with van der Waals surface area (Å²) in [5.74, 6) is -1.38. The molecule has 0 aromatic heterocycles. The first-order chi connectivity index (χ1) is 16.3. The molecular formula is C25H21BrClN3O4. The van der Waals surface area contributed by atoms with E-state index in [1.165, 1.54) is 0 Å². The van der Waals surface area contributed by atoms with Gasteiger partial charge in [-0.15, -0.1) is 0 Å². The van der Waals surface area contributed by atoms with Crippen molar-refractivity contribution in [2.45, 2.75) is 31.6 Å². The molecule has 2 heterocycles. The molecule has 7 nitrogen and oxygen atoms in total. The highest BCUT2D eigenvalue weighted by atomic mass is 79.9. The molecule has 1 unspecified atom stereocenters. The molecular weight excluding hydrogens is 522 g/mol. The Morgan fingerprint density at radius 2 is 1.94 bits per heavy atom. The molecule has 2 aliphatic heterocycles. The van der Waals surface area contributed by atoms with E-state index in [-0.39, 0.29) is 35.8 Å². The van der Waals surface area contributed by atoms with Gasteiger partial charge in [0.15, 0.2) is 5.78 Å². The number of Topliss-reactive ketones (excluding diaryl/α,β-unsaturated/α-hetero) is 1. The summed E-state index contributed by atoms with van der Waals surface area (Å²) in [4.78, 5) is 42.6. The van der Waals surface area contributed by atoms with E-state index in [2.05, 4.69) is 21.2 Å². The van der Waals surface area contributed by atoms with Gasteiger partial charge in [0.1, 0.15) is 16.8 Å². The lowest BCUT2D eigenvalue weighted by atomic mass is 9.63. The molecule has 34 heavy (non-hydrogen) atoms. The Hall–Kier alpha value is -3.10. The Morgan fingerprint density at radius 3 is 2.65 bits per heavy atom. The molecule has 1 spiro atoms. The van der Waals surface area contributed by atoms with Gasteiger partial charge in [-0.2, -0.15) is 0 Å². The van der Waals surface area contributed by atoms with Crippen LogP contribution in [0.2, 0.25) is 5.02 Å². The number of ether oxygens (including phenoxy) is 1. The van der Waals surface area contributed by atoms with Gasteiger partial charge < -0.3 is 15.8 Å². The molecule has 1 amide bonds. The number of hydrogen-bond acceptors (Lipinski definition) is 6. The number of fused-ring (bicyclic) bond motifs is 3. The number of carbonyl (C=O) groups is 3. The minimum atomic E-state index is -1.70. The smallest absolute Gasteiger partial charge is 0.339 e. The zero-order valence-electron chi connectivity index (χ0n) is 18.3. The second-order valence-electron chi connectivity index (χ2n) is 8.28. The zero-order chi connectivity index (χ0) is 24.2. The SMILES string of the molecule is CCOC(=O)C1=C(N)N(c2ccc(Cl)cc2)C2=C(C(=O)CCC2)C12C(=O)Nc1ccc(Br)cc12. The summed E-state index contributed by atoms with van der Waals surface area (Å²) < 4.78 is 6.10. The number of nitrogens with one attached hydrogen (secondary N) is 1. The molecule has 1 aliphatic carbocycles. The van der Waals surface area contributed by atoms with E-state index in [0.717, 1.165) is 0 Å². The second-order valence-corrected chi connectivity index (χ2v) is 9.64. The third-order valence-electron chi connectivity index (χ3n) is 6.44. The van der Waals surface area contributed by atoms with Gasteiger partial charge in [0.05, 0.1) is 6.61 Å². The second kappa shape index (κ2) is 8.29. The van der Waals surface area contributed by atoms with Gasteiger partial charge in [0.25, 0.3) is 0 Å². The van der Waals surface area contributed by atoms with Crippen molar-refractivity contribution in [1.82, 2.24) is 0 Å². The number of amides is 1. The molecule has 1 atom stereocenters. The number of nitrogens with two attached hydrogens (primary N) is 1. The molecule has 5 rings (SSSR count). The molecule has 0 radical (unpaired) electrons. The van der Waals surface area contributed by atoms with Crippen LogP contribution in [0.25, 0.3) is 0 Å². The van der Waals surface area contributed by atoms with Crippen molar-refractivity contribution in [2.75, 3.05) is 16.8 Å². The summed E-state index contributed by atoms with van der Waals surface area (Å²) in [7, 11) is 0. The molecule has 0 saturated heterocycles. The van der Waals surface area contributed by atoms with E-state index in [4.69, 9.17) is 22.1 Å². The number of hydrogen-bond donors (Lipinski definition) is 2. The van der Waals surface area contributed by atoms with Crippen LogP contribution in [0.5, 0.6) is 0 Å². The quantitative estimate of drug-likeness (QED) is 0.552. The van der Waals surface area contributed by atoms with Gasteiger partial charge in [-0.1, -0.05) is 27.5 Å². The van der Waals surface area contributed by atoms with Crippen LogP contribution >= 0.6 is 27.5 Å². The summed E-state index contributed by atoms with van der Waals surface area (Å²) in [6.07, 6.45) is 1.38. The Morgan fingerprint density at radius 1 is 1.21 bits per heavy atom. The molecule has 3 N–H and O–H groups in total.